The van der Waals surface area contributed by atoms with Gasteiger partial charge < -0.3 is 10.0 Å². The molecule has 0 aliphatic carbocycles. The van der Waals surface area contributed by atoms with Gasteiger partial charge in [0.2, 0.25) is 0 Å². The summed E-state index contributed by atoms with van der Waals surface area (Å²) in [4.78, 5) is 13.0. The minimum absolute atomic E-state index is 0.189. The summed E-state index contributed by atoms with van der Waals surface area (Å²) < 4.78 is 0. The van der Waals surface area contributed by atoms with Gasteiger partial charge in [0.25, 0.3) is 5.91 Å². The van der Waals surface area contributed by atoms with Crippen LogP contribution in [0.2, 0.25) is 0 Å². The number of anilines is 1. The second-order valence-electron chi connectivity index (χ2n) is 3.13. The molecule has 1 aromatic rings. The van der Waals surface area contributed by atoms with Gasteiger partial charge in [0.1, 0.15) is 6.10 Å². The number of aliphatic hydroxyl groups is 1. The summed E-state index contributed by atoms with van der Waals surface area (Å²) >= 11 is 0. The molecule has 0 bridgehead atoms. The fourth-order valence-electron chi connectivity index (χ4n) is 1.53. The first-order chi connectivity index (χ1) is 6.29. The Hall–Kier alpha value is -1.35. The Morgan fingerprint density at radius 1 is 1.31 bits per heavy atom. The third-order valence-corrected chi connectivity index (χ3v) is 2.25. The number of carbonyl (C=O) groups excluding carboxylic acids is 1. The first kappa shape index (κ1) is 8.26. The largest absolute Gasteiger partial charge is 0.383 e. The van der Waals surface area contributed by atoms with E-state index in [2.05, 4.69) is 0 Å². The average Bonchev–Trinajstić information content (AvgIpc) is 2.49. The first-order valence-electron chi connectivity index (χ1n) is 4.33. The van der Waals surface area contributed by atoms with E-state index in [1.807, 2.05) is 30.3 Å². The second-order valence-corrected chi connectivity index (χ2v) is 3.13. The van der Waals surface area contributed by atoms with Crippen LogP contribution in [-0.4, -0.2) is 23.7 Å². The van der Waals surface area contributed by atoms with Crippen LogP contribution in [0.1, 0.15) is 6.42 Å². The molecule has 1 aliphatic rings. The second kappa shape index (κ2) is 3.18. The van der Waals surface area contributed by atoms with Gasteiger partial charge in [0.15, 0.2) is 0 Å². The maximum Gasteiger partial charge on any atom is 0.255 e. The Labute approximate surface area is 76.6 Å². The highest BCUT2D eigenvalue weighted by Gasteiger charge is 2.30. The van der Waals surface area contributed by atoms with E-state index in [-0.39, 0.29) is 5.91 Å². The predicted octanol–water partition coefficient (Wildman–Crippen LogP) is 0.784. The Morgan fingerprint density at radius 3 is 2.54 bits per heavy atom. The molecule has 0 aromatic heterocycles. The van der Waals surface area contributed by atoms with Crippen LogP contribution in [-0.2, 0) is 4.79 Å². The van der Waals surface area contributed by atoms with Crippen LogP contribution in [0.25, 0.3) is 0 Å². The summed E-state index contributed by atoms with van der Waals surface area (Å²) in [7, 11) is 0. The van der Waals surface area contributed by atoms with Crippen LogP contribution in [0.4, 0.5) is 5.69 Å². The van der Waals surface area contributed by atoms with E-state index in [1.54, 1.807) is 4.90 Å². The summed E-state index contributed by atoms with van der Waals surface area (Å²) in [6, 6.07) is 9.41. The number of benzene rings is 1. The number of aliphatic hydroxyl groups excluding tert-OH is 1. The Bertz CT molecular complexity index is 310. The smallest absolute Gasteiger partial charge is 0.255 e. The van der Waals surface area contributed by atoms with Gasteiger partial charge in [-0.1, -0.05) is 18.2 Å². The molecule has 1 heterocycles. The zero-order valence-electron chi connectivity index (χ0n) is 7.18. The van der Waals surface area contributed by atoms with Crippen molar-refractivity contribution in [2.24, 2.45) is 0 Å². The fourth-order valence-corrected chi connectivity index (χ4v) is 1.53. The molecule has 1 amide bonds. The molecule has 0 spiro atoms. The molecule has 0 radical (unpaired) electrons. The zero-order chi connectivity index (χ0) is 9.26. The number of hydrogen-bond donors (Lipinski definition) is 1. The number of hydrogen-bond acceptors (Lipinski definition) is 2. The maximum absolute atomic E-state index is 11.4. The van der Waals surface area contributed by atoms with E-state index >= 15 is 0 Å². The van der Waals surface area contributed by atoms with Crippen molar-refractivity contribution in [1.29, 1.82) is 0 Å². The molecular formula is C10H11NO2. The van der Waals surface area contributed by atoms with E-state index < -0.39 is 6.10 Å². The molecule has 0 unspecified atom stereocenters. The van der Waals surface area contributed by atoms with Crippen LogP contribution in [0.5, 0.6) is 0 Å². The molecule has 13 heavy (non-hydrogen) atoms. The van der Waals surface area contributed by atoms with Gasteiger partial charge in [-0.2, -0.15) is 0 Å². The summed E-state index contributed by atoms with van der Waals surface area (Å²) in [6.07, 6.45) is -0.270. The molecule has 1 atom stereocenters. The topological polar surface area (TPSA) is 40.5 Å². The van der Waals surface area contributed by atoms with E-state index in [0.717, 1.165) is 5.69 Å². The van der Waals surface area contributed by atoms with Crippen molar-refractivity contribution >= 4 is 11.6 Å². The van der Waals surface area contributed by atoms with Gasteiger partial charge >= 0.3 is 0 Å². The normalized spacial score (nSPS) is 22.4. The molecule has 1 aliphatic heterocycles. The van der Waals surface area contributed by atoms with Gasteiger partial charge in [-0.05, 0) is 12.1 Å². The summed E-state index contributed by atoms with van der Waals surface area (Å²) in [5.74, 6) is -0.189. The number of para-hydroxylation sites is 1. The molecule has 1 aromatic carbocycles. The third-order valence-electron chi connectivity index (χ3n) is 2.25. The standard InChI is InChI=1S/C10H11NO2/c12-9-6-7-11(10(9)13)8-4-2-1-3-5-8/h1-5,9,12H,6-7H2/t9-/m1/s1. The number of nitrogens with zero attached hydrogens (tertiary/aromatic N) is 1. The van der Waals surface area contributed by atoms with Crippen LogP contribution in [0.15, 0.2) is 30.3 Å². The van der Waals surface area contributed by atoms with Gasteiger partial charge in [0.05, 0.1) is 0 Å². The monoisotopic (exact) mass is 177 g/mol. The molecule has 1 fully saturated rings. The molecule has 0 saturated carbocycles. The van der Waals surface area contributed by atoms with Crippen LogP contribution >= 0.6 is 0 Å². The van der Waals surface area contributed by atoms with Crippen LogP contribution in [0, 0.1) is 0 Å². The van der Waals surface area contributed by atoms with E-state index in [9.17, 15) is 9.90 Å². The van der Waals surface area contributed by atoms with Gasteiger partial charge in [-0.3, -0.25) is 4.79 Å². The maximum atomic E-state index is 11.4. The minimum Gasteiger partial charge on any atom is -0.383 e. The molecule has 1 N–H and O–H groups in total. The van der Waals surface area contributed by atoms with Crippen molar-refractivity contribution in [3.05, 3.63) is 30.3 Å². The SMILES string of the molecule is O=C1[C@H](O)CCN1c1ccccc1. The van der Waals surface area contributed by atoms with Crippen molar-refractivity contribution < 1.29 is 9.90 Å². The lowest BCUT2D eigenvalue weighted by Crippen LogP contribution is -2.28. The summed E-state index contributed by atoms with van der Waals surface area (Å²) in [6.45, 7) is 0.615. The van der Waals surface area contributed by atoms with Gasteiger partial charge in [0, 0.05) is 18.7 Å². The lowest BCUT2D eigenvalue weighted by atomic mass is 10.3. The Kier molecular flexibility index (Phi) is 2.02. The summed E-state index contributed by atoms with van der Waals surface area (Å²) in [5, 5.41) is 9.24. The van der Waals surface area contributed by atoms with Crippen molar-refractivity contribution in [3.63, 3.8) is 0 Å². The van der Waals surface area contributed by atoms with Crippen LogP contribution < -0.4 is 4.90 Å². The molecule has 3 heteroatoms. The van der Waals surface area contributed by atoms with E-state index in [0.29, 0.717) is 13.0 Å². The number of rotatable bonds is 1. The Balaban J connectivity index is 2.24. The van der Waals surface area contributed by atoms with Gasteiger partial charge in [-0.25, -0.2) is 0 Å². The van der Waals surface area contributed by atoms with Crippen molar-refractivity contribution in [3.8, 4) is 0 Å². The first-order valence-corrected chi connectivity index (χ1v) is 4.33. The van der Waals surface area contributed by atoms with Crippen LogP contribution in [0.3, 0.4) is 0 Å². The fraction of sp³-hybridized carbons (Fsp3) is 0.300. The van der Waals surface area contributed by atoms with Gasteiger partial charge in [-0.15, -0.1) is 0 Å². The lowest BCUT2D eigenvalue weighted by Gasteiger charge is -2.15. The number of amides is 1. The molecule has 1 saturated heterocycles. The quantitative estimate of drug-likeness (QED) is 0.688. The van der Waals surface area contributed by atoms with Crippen molar-refractivity contribution in [1.82, 2.24) is 0 Å². The van der Waals surface area contributed by atoms with E-state index in [4.69, 9.17) is 0 Å². The molecule has 3 nitrogen and oxygen atoms in total. The van der Waals surface area contributed by atoms with E-state index in [1.165, 1.54) is 0 Å². The lowest BCUT2D eigenvalue weighted by molar-refractivity contribution is -0.123. The van der Waals surface area contributed by atoms with Crippen molar-refractivity contribution in [2.45, 2.75) is 12.5 Å². The minimum atomic E-state index is -0.805. The zero-order valence-corrected chi connectivity index (χ0v) is 7.18. The highest BCUT2D eigenvalue weighted by molar-refractivity contribution is 5.98. The molecule has 2 rings (SSSR count). The Morgan fingerprint density at radius 2 is 2.00 bits per heavy atom. The molecular weight excluding hydrogens is 166 g/mol. The predicted molar refractivity (Wildman–Crippen MR) is 49.4 cm³/mol. The molecule has 68 valence electrons. The average molecular weight is 177 g/mol. The highest BCUT2D eigenvalue weighted by Crippen LogP contribution is 2.20. The summed E-state index contributed by atoms with van der Waals surface area (Å²) in [5.41, 5.74) is 0.865. The highest BCUT2D eigenvalue weighted by atomic mass is 16.3. The van der Waals surface area contributed by atoms with Crippen molar-refractivity contribution in [2.75, 3.05) is 11.4 Å². The number of carbonyl (C=O) groups is 1. The third kappa shape index (κ3) is 1.42.